The summed E-state index contributed by atoms with van der Waals surface area (Å²) in [5, 5.41) is 37.6. The van der Waals surface area contributed by atoms with Gasteiger partial charge in [0.25, 0.3) is 0 Å². The van der Waals surface area contributed by atoms with Gasteiger partial charge in [-0.1, -0.05) is 30.3 Å². The van der Waals surface area contributed by atoms with Gasteiger partial charge < -0.3 is 0 Å². The van der Waals surface area contributed by atoms with Crippen molar-refractivity contribution in [2.24, 2.45) is 10.8 Å². The third-order valence-corrected chi connectivity index (χ3v) is 3.94. The molecule has 19 heavy (non-hydrogen) atoms. The molecule has 1 aliphatic rings. The SMILES string of the molecule is N#CC1(C#N)CCC(c2ccccc2)C1(C#N)C#N. The van der Waals surface area contributed by atoms with Gasteiger partial charge in [0.05, 0.1) is 24.3 Å². The average Bonchev–Trinajstić information content (AvgIpc) is 2.83. The summed E-state index contributed by atoms with van der Waals surface area (Å²) < 4.78 is 0. The molecule has 0 aromatic heterocycles. The average molecular weight is 246 g/mol. The Hall–Kier alpha value is -2.82. The van der Waals surface area contributed by atoms with Gasteiger partial charge in [0, 0.05) is 5.92 Å². The van der Waals surface area contributed by atoms with Crippen molar-refractivity contribution in [1.29, 1.82) is 21.0 Å². The lowest BCUT2D eigenvalue weighted by Gasteiger charge is -2.28. The lowest BCUT2D eigenvalue weighted by molar-refractivity contribution is 0.331. The van der Waals surface area contributed by atoms with Crippen molar-refractivity contribution in [3.63, 3.8) is 0 Å². The van der Waals surface area contributed by atoms with E-state index in [1.54, 1.807) is 0 Å². The molecule has 0 radical (unpaired) electrons. The van der Waals surface area contributed by atoms with Crippen LogP contribution in [0, 0.1) is 56.2 Å². The topological polar surface area (TPSA) is 95.2 Å². The fourth-order valence-electron chi connectivity index (χ4n) is 2.86. The molecule has 0 saturated heterocycles. The Labute approximate surface area is 111 Å². The van der Waals surface area contributed by atoms with Crippen LogP contribution in [0.25, 0.3) is 0 Å². The summed E-state index contributed by atoms with van der Waals surface area (Å²) in [5.74, 6) is -0.400. The molecule has 1 fully saturated rings. The number of benzene rings is 1. The van der Waals surface area contributed by atoms with Crippen LogP contribution in [-0.4, -0.2) is 0 Å². The fourth-order valence-corrected chi connectivity index (χ4v) is 2.86. The Morgan fingerprint density at radius 2 is 1.47 bits per heavy atom. The van der Waals surface area contributed by atoms with E-state index in [1.165, 1.54) is 0 Å². The Morgan fingerprint density at radius 3 is 1.95 bits per heavy atom. The molecular weight excluding hydrogens is 236 g/mol. The number of nitrogens with zero attached hydrogens (tertiary/aromatic N) is 4. The highest BCUT2D eigenvalue weighted by Crippen LogP contribution is 2.59. The van der Waals surface area contributed by atoms with E-state index in [1.807, 2.05) is 54.6 Å². The molecule has 1 atom stereocenters. The van der Waals surface area contributed by atoms with Gasteiger partial charge >= 0.3 is 0 Å². The van der Waals surface area contributed by atoms with Crippen molar-refractivity contribution in [2.45, 2.75) is 18.8 Å². The van der Waals surface area contributed by atoms with Gasteiger partial charge in [0.2, 0.25) is 0 Å². The second-order valence-electron chi connectivity index (χ2n) is 4.66. The largest absolute Gasteiger partial charge is 0.196 e. The summed E-state index contributed by atoms with van der Waals surface area (Å²) in [7, 11) is 0. The van der Waals surface area contributed by atoms with Gasteiger partial charge in [0.1, 0.15) is 0 Å². The maximum Gasteiger partial charge on any atom is 0.182 e. The zero-order chi connectivity index (χ0) is 13.9. The van der Waals surface area contributed by atoms with Crippen LogP contribution < -0.4 is 0 Å². The van der Waals surface area contributed by atoms with E-state index in [0.717, 1.165) is 5.56 Å². The summed E-state index contributed by atoms with van der Waals surface area (Å²) in [5.41, 5.74) is -2.31. The van der Waals surface area contributed by atoms with Gasteiger partial charge in [-0.25, -0.2) is 0 Å². The van der Waals surface area contributed by atoms with Crippen LogP contribution in [0.4, 0.5) is 0 Å². The van der Waals surface area contributed by atoms with Crippen LogP contribution in [0.5, 0.6) is 0 Å². The van der Waals surface area contributed by atoms with Crippen molar-refractivity contribution in [3.05, 3.63) is 35.9 Å². The molecule has 0 amide bonds. The summed E-state index contributed by atoms with van der Waals surface area (Å²) >= 11 is 0. The summed E-state index contributed by atoms with van der Waals surface area (Å²) in [6.45, 7) is 0. The van der Waals surface area contributed by atoms with Crippen LogP contribution in [0.15, 0.2) is 30.3 Å². The van der Waals surface area contributed by atoms with Crippen molar-refractivity contribution >= 4 is 0 Å². The van der Waals surface area contributed by atoms with Crippen molar-refractivity contribution in [2.75, 3.05) is 0 Å². The predicted octanol–water partition coefficient (Wildman–Crippen LogP) is 2.63. The molecule has 2 rings (SSSR count). The maximum absolute atomic E-state index is 9.47. The normalized spacial score (nSPS) is 22.4. The molecule has 0 bridgehead atoms. The first-order chi connectivity index (χ1) is 9.19. The summed E-state index contributed by atoms with van der Waals surface area (Å²) in [4.78, 5) is 0. The van der Waals surface area contributed by atoms with E-state index in [0.29, 0.717) is 6.42 Å². The molecule has 1 aromatic carbocycles. The molecule has 0 spiro atoms. The van der Waals surface area contributed by atoms with Gasteiger partial charge in [-0.3, -0.25) is 0 Å². The van der Waals surface area contributed by atoms with E-state index in [9.17, 15) is 21.0 Å². The van der Waals surface area contributed by atoms with Crippen LogP contribution in [-0.2, 0) is 0 Å². The summed E-state index contributed by atoms with van der Waals surface area (Å²) in [6, 6.07) is 16.9. The Morgan fingerprint density at radius 1 is 0.895 bits per heavy atom. The van der Waals surface area contributed by atoms with E-state index in [2.05, 4.69) is 0 Å². The molecule has 1 aliphatic carbocycles. The van der Waals surface area contributed by atoms with Gasteiger partial charge in [-0.15, -0.1) is 0 Å². The highest BCUT2D eigenvalue weighted by molar-refractivity contribution is 5.44. The molecule has 1 unspecified atom stereocenters. The van der Waals surface area contributed by atoms with Crippen molar-refractivity contribution in [3.8, 4) is 24.3 Å². The lowest BCUT2D eigenvalue weighted by Crippen LogP contribution is -2.36. The molecule has 4 nitrogen and oxygen atoms in total. The third kappa shape index (κ3) is 1.48. The number of rotatable bonds is 1. The van der Waals surface area contributed by atoms with Crippen LogP contribution in [0.2, 0.25) is 0 Å². The first-order valence-corrected chi connectivity index (χ1v) is 5.89. The fraction of sp³-hybridized carbons (Fsp3) is 0.333. The Kier molecular flexibility index (Phi) is 2.96. The predicted molar refractivity (Wildman–Crippen MR) is 65.7 cm³/mol. The zero-order valence-electron chi connectivity index (χ0n) is 10.2. The maximum atomic E-state index is 9.47. The van der Waals surface area contributed by atoms with Crippen LogP contribution in [0.1, 0.15) is 24.3 Å². The quantitative estimate of drug-likeness (QED) is 0.760. The minimum Gasteiger partial charge on any atom is -0.196 e. The lowest BCUT2D eigenvalue weighted by atomic mass is 9.64. The second kappa shape index (κ2) is 4.45. The van der Waals surface area contributed by atoms with Crippen LogP contribution >= 0.6 is 0 Å². The molecule has 1 aromatic rings. The highest BCUT2D eigenvalue weighted by atomic mass is 14.6. The Balaban J connectivity index is 2.63. The smallest absolute Gasteiger partial charge is 0.182 e. The highest BCUT2D eigenvalue weighted by Gasteiger charge is 2.63. The van der Waals surface area contributed by atoms with E-state index in [4.69, 9.17) is 0 Å². The van der Waals surface area contributed by atoms with Crippen molar-refractivity contribution < 1.29 is 0 Å². The van der Waals surface area contributed by atoms with E-state index < -0.39 is 16.7 Å². The van der Waals surface area contributed by atoms with Gasteiger partial charge in [-0.2, -0.15) is 21.0 Å². The van der Waals surface area contributed by atoms with Crippen molar-refractivity contribution in [1.82, 2.24) is 0 Å². The first kappa shape index (κ1) is 12.6. The Bertz CT molecular complexity index is 621. The zero-order valence-corrected chi connectivity index (χ0v) is 10.2. The molecule has 90 valence electrons. The molecule has 1 saturated carbocycles. The van der Waals surface area contributed by atoms with E-state index in [-0.39, 0.29) is 6.42 Å². The minimum atomic E-state index is -1.60. The standard InChI is InChI=1S/C15H10N4/c16-8-14(9-17)7-6-13(15(14,10-18)11-19)12-4-2-1-3-5-12/h1-5,13H,6-7H2. The second-order valence-corrected chi connectivity index (χ2v) is 4.66. The molecule has 4 heteroatoms. The number of hydrogen-bond acceptors (Lipinski definition) is 4. The first-order valence-electron chi connectivity index (χ1n) is 5.89. The molecule has 0 heterocycles. The summed E-state index contributed by atoms with van der Waals surface area (Å²) in [6.07, 6.45) is 0.743. The number of hydrogen-bond donors (Lipinski definition) is 0. The molecular formula is C15H10N4. The monoisotopic (exact) mass is 246 g/mol. The van der Waals surface area contributed by atoms with Gasteiger partial charge in [0.15, 0.2) is 10.8 Å². The minimum absolute atomic E-state index is 0.251. The molecule has 0 N–H and O–H groups in total. The van der Waals surface area contributed by atoms with Crippen LogP contribution in [0.3, 0.4) is 0 Å². The van der Waals surface area contributed by atoms with Gasteiger partial charge in [-0.05, 0) is 18.4 Å². The molecule has 0 aliphatic heterocycles. The van der Waals surface area contributed by atoms with E-state index >= 15 is 0 Å². The third-order valence-electron chi connectivity index (χ3n) is 3.94. The number of nitriles is 4.